The number of rotatable bonds is 2. The van der Waals surface area contributed by atoms with Crippen LogP contribution in [-0.4, -0.2) is 12.9 Å². The molecule has 0 fully saturated rings. The highest BCUT2D eigenvalue weighted by Crippen LogP contribution is 2.23. The minimum atomic E-state index is 0.156. The Morgan fingerprint density at radius 2 is 1.93 bits per heavy atom. The van der Waals surface area contributed by atoms with Gasteiger partial charge in [0.2, 0.25) is 0 Å². The zero-order valence-electron chi connectivity index (χ0n) is 8.57. The van der Waals surface area contributed by atoms with E-state index in [4.69, 9.17) is 4.74 Å². The predicted octanol–water partition coefficient (Wildman–Crippen LogP) is 2.61. The lowest BCUT2D eigenvalue weighted by Gasteiger charge is -2.08. The summed E-state index contributed by atoms with van der Waals surface area (Å²) in [5.74, 6) is 0.986. The molecule has 1 aliphatic carbocycles. The topological polar surface area (TPSA) is 26.3 Å². The van der Waals surface area contributed by atoms with Crippen molar-refractivity contribution in [1.29, 1.82) is 0 Å². The van der Waals surface area contributed by atoms with Crippen molar-refractivity contribution >= 4 is 11.4 Å². The quantitative estimate of drug-likeness (QED) is 0.733. The van der Waals surface area contributed by atoms with E-state index in [9.17, 15) is 4.79 Å². The van der Waals surface area contributed by atoms with Crippen LogP contribution in [0.4, 0.5) is 0 Å². The minimum absolute atomic E-state index is 0.156. The molecule has 1 aromatic carbocycles. The molecule has 0 aliphatic heterocycles. The number of carbonyl (C=O) groups excluding carboxylic acids is 1. The molecule has 0 bridgehead atoms. The molecular formula is C13H12O2. The lowest BCUT2D eigenvalue weighted by atomic mass is 9.97. The molecule has 1 aromatic rings. The third-order valence-corrected chi connectivity index (χ3v) is 2.41. The maximum atomic E-state index is 11.2. The van der Waals surface area contributed by atoms with Crippen molar-refractivity contribution in [3.8, 4) is 5.75 Å². The number of ketones is 1. The first-order valence-corrected chi connectivity index (χ1v) is 4.84. The van der Waals surface area contributed by atoms with Gasteiger partial charge in [0.05, 0.1) is 7.11 Å². The molecule has 0 saturated heterocycles. The minimum Gasteiger partial charge on any atom is -0.497 e. The van der Waals surface area contributed by atoms with E-state index in [0.717, 1.165) is 16.9 Å². The van der Waals surface area contributed by atoms with Gasteiger partial charge in [0.1, 0.15) is 5.75 Å². The highest BCUT2D eigenvalue weighted by Gasteiger charge is 2.08. The number of benzene rings is 1. The third-order valence-electron chi connectivity index (χ3n) is 2.41. The standard InChI is InChI=1S/C13H12O2/c1-15-13-7-5-10(6-8-13)11-3-2-4-12(14)9-11/h2-8H,9H2,1H3. The molecule has 1 aliphatic rings. The van der Waals surface area contributed by atoms with Crippen molar-refractivity contribution in [1.82, 2.24) is 0 Å². The van der Waals surface area contributed by atoms with Crippen LogP contribution in [0.2, 0.25) is 0 Å². The second-order valence-electron chi connectivity index (χ2n) is 3.42. The number of methoxy groups -OCH3 is 1. The van der Waals surface area contributed by atoms with Gasteiger partial charge in [0, 0.05) is 6.42 Å². The van der Waals surface area contributed by atoms with Gasteiger partial charge in [0.15, 0.2) is 5.78 Å². The number of hydrogen-bond acceptors (Lipinski definition) is 2. The van der Waals surface area contributed by atoms with E-state index in [1.807, 2.05) is 30.3 Å². The van der Waals surface area contributed by atoms with Gasteiger partial charge >= 0.3 is 0 Å². The summed E-state index contributed by atoms with van der Waals surface area (Å²) in [5, 5.41) is 0. The van der Waals surface area contributed by atoms with Crippen molar-refractivity contribution in [3.63, 3.8) is 0 Å². The molecule has 0 aromatic heterocycles. The Balaban J connectivity index is 2.26. The summed E-state index contributed by atoms with van der Waals surface area (Å²) in [5.41, 5.74) is 2.14. The SMILES string of the molecule is COc1ccc(C2=CC=CC(=O)C2)cc1. The zero-order valence-corrected chi connectivity index (χ0v) is 8.57. The summed E-state index contributed by atoms with van der Waals surface area (Å²) in [4.78, 5) is 11.2. The van der Waals surface area contributed by atoms with E-state index in [2.05, 4.69) is 0 Å². The fourth-order valence-electron chi connectivity index (χ4n) is 1.58. The van der Waals surface area contributed by atoms with Crippen LogP contribution in [0.3, 0.4) is 0 Å². The average molecular weight is 200 g/mol. The first-order valence-electron chi connectivity index (χ1n) is 4.84. The van der Waals surface area contributed by atoms with Gasteiger partial charge in [-0.1, -0.05) is 24.3 Å². The molecule has 0 radical (unpaired) electrons. The summed E-state index contributed by atoms with van der Waals surface area (Å²) in [6, 6.07) is 7.74. The van der Waals surface area contributed by atoms with Gasteiger partial charge in [0.25, 0.3) is 0 Å². The highest BCUT2D eigenvalue weighted by molar-refractivity contribution is 6.00. The number of carbonyl (C=O) groups is 1. The van der Waals surface area contributed by atoms with Gasteiger partial charge < -0.3 is 4.74 Å². The Labute approximate surface area is 88.9 Å². The van der Waals surface area contributed by atoms with Crippen LogP contribution in [0, 0.1) is 0 Å². The molecular weight excluding hydrogens is 188 g/mol. The maximum absolute atomic E-state index is 11.2. The molecule has 0 amide bonds. The Kier molecular flexibility index (Phi) is 2.68. The first-order chi connectivity index (χ1) is 7.29. The van der Waals surface area contributed by atoms with E-state index in [1.165, 1.54) is 0 Å². The molecule has 2 heteroatoms. The molecule has 2 rings (SSSR count). The summed E-state index contributed by atoms with van der Waals surface area (Å²) in [6.07, 6.45) is 5.87. The first kappa shape index (κ1) is 9.71. The third kappa shape index (κ3) is 2.15. The lowest BCUT2D eigenvalue weighted by Crippen LogP contribution is -1.98. The Hall–Kier alpha value is -1.83. The number of hydrogen-bond donors (Lipinski definition) is 0. The Morgan fingerprint density at radius 3 is 2.53 bits per heavy atom. The predicted molar refractivity (Wildman–Crippen MR) is 59.7 cm³/mol. The summed E-state index contributed by atoms with van der Waals surface area (Å²) in [6.45, 7) is 0. The maximum Gasteiger partial charge on any atom is 0.160 e. The van der Waals surface area contributed by atoms with Crippen LogP contribution in [-0.2, 0) is 4.79 Å². The molecule has 2 nitrogen and oxygen atoms in total. The van der Waals surface area contributed by atoms with Gasteiger partial charge in [-0.15, -0.1) is 0 Å². The molecule has 0 heterocycles. The van der Waals surface area contributed by atoms with E-state index >= 15 is 0 Å². The van der Waals surface area contributed by atoms with Gasteiger partial charge in [-0.2, -0.15) is 0 Å². The van der Waals surface area contributed by atoms with Crippen LogP contribution in [0.15, 0.2) is 42.5 Å². The molecule has 0 N–H and O–H groups in total. The van der Waals surface area contributed by atoms with Crippen LogP contribution in [0.1, 0.15) is 12.0 Å². The summed E-state index contributed by atoms with van der Waals surface area (Å²) >= 11 is 0. The highest BCUT2D eigenvalue weighted by atomic mass is 16.5. The van der Waals surface area contributed by atoms with Gasteiger partial charge in [-0.05, 0) is 29.3 Å². The lowest BCUT2D eigenvalue weighted by molar-refractivity contribution is -0.113. The van der Waals surface area contributed by atoms with Gasteiger partial charge in [-0.3, -0.25) is 4.79 Å². The second-order valence-corrected chi connectivity index (χ2v) is 3.42. The normalized spacial score (nSPS) is 15.0. The van der Waals surface area contributed by atoms with Crippen LogP contribution < -0.4 is 4.74 Å². The Bertz CT molecular complexity index is 424. The van der Waals surface area contributed by atoms with Crippen molar-refractivity contribution in [2.45, 2.75) is 6.42 Å². The molecule has 0 spiro atoms. The van der Waals surface area contributed by atoms with Crippen LogP contribution in [0.25, 0.3) is 5.57 Å². The molecule has 0 saturated carbocycles. The van der Waals surface area contributed by atoms with Crippen LogP contribution >= 0.6 is 0 Å². The zero-order chi connectivity index (χ0) is 10.7. The molecule has 15 heavy (non-hydrogen) atoms. The van der Waals surface area contributed by atoms with Crippen molar-refractivity contribution in [2.24, 2.45) is 0 Å². The number of allylic oxidation sites excluding steroid dienone is 4. The van der Waals surface area contributed by atoms with E-state index in [1.54, 1.807) is 19.3 Å². The number of ether oxygens (including phenoxy) is 1. The summed E-state index contributed by atoms with van der Waals surface area (Å²) < 4.78 is 5.08. The van der Waals surface area contributed by atoms with Crippen LogP contribution in [0.5, 0.6) is 5.75 Å². The van der Waals surface area contributed by atoms with E-state index in [-0.39, 0.29) is 5.78 Å². The summed E-state index contributed by atoms with van der Waals surface area (Å²) in [7, 11) is 1.64. The monoisotopic (exact) mass is 200 g/mol. The average Bonchev–Trinajstić information content (AvgIpc) is 2.29. The van der Waals surface area contributed by atoms with Crippen molar-refractivity contribution < 1.29 is 9.53 Å². The molecule has 0 atom stereocenters. The fourth-order valence-corrected chi connectivity index (χ4v) is 1.58. The second kappa shape index (κ2) is 4.13. The molecule has 76 valence electrons. The van der Waals surface area contributed by atoms with E-state index < -0.39 is 0 Å². The van der Waals surface area contributed by atoms with E-state index in [0.29, 0.717) is 6.42 Å². The van der Waals surface area contributed by atoms with Crippen molar-refractivity contribution in [3.05, 3.63) is 48.1 Å². The smallest absolute Gasteiger partial charge is 0.160 e. The largest absolute Gasteiger partial charge is 0.497 e. The van der Waals surface area contributed by atoms with Crippen molar-refractivity contribution in [2.75, 3.05) is 7.11 Å². The fraction of sp³-hybridized carbons (Fsp3) is 0.154. The Morgan fingerprint density at radius 1 is 1.20 bits per heavy atom. The van der Waals surface area contributed by atoms with Gasteiger partial charge in [-0.25, -0.2) is 0 Å². The molecule has 0 unspecified atom stereocenters.